The zero-order chi connectivity index (χ0) is 20.5. The number of ether oxygens (including phenoxy) is 1. The number of rotatable bonds is 9. The van der Waals surface area contributed by atoms with Crippen LogP contribution in [-0.4, -0.2) is 28.6 Å². The molecule has 0 spiro atoms. The number of benzene rings is 2. The van der Waals surface area contributed by atoms with E-state index in [4.69, 9.17) is 9.57 Å². The number of carbonyl (C=O) groups is 2. The number of hydrogen-bond donors (Lipinski definition) is 1. The molecule has 1 aliphatic heterocycles. The van der Waals surface area contributed by atoms with Gasteiger partial charge in [-0.2, -0.15) is 0 Å². The average Bonchev–Trinajstić information content (AvgIpc) is 3.17. The van der Waals surface area contributed by atoms with Gasteiger partial charge in [-0.05, 0) is 39.9 Å². The molecule has 1 unspecified atom stereocenters. The fourth-order valence-electron chi connectivity index (χ4n) is 3.03. The second-order valence-corrected chi connectivity index (χ2v) is 7.77. The Morgan fingerprint density at radius 2 is 1.76 bits per heavy atom. The van der Waals surface area contributed by atoms with Crippen LogP contribution in [0.5, 0.6) is 0 Å². The number of nitrogens with zero attached hydrogens (tertiary/aromatic N) is 1. The van der Waals surface area contributed by atoms with Crippen LogP contribution in [0.15, 0.2) is 65.8 Å². The summed E-state index contributed by atoms with van der Waals surface area (Å²) in [4.78, 5) is 30.4. The first-order chi connectivity index (χ1) is 14.1. The highest BCUT2D eigenvalue weighted by molar-refractivity contribution is 9.18. The molecule has 152 valence electrons. The van der Waals surface area contributed by atoms with Gasteiger partial charge >= 0.3 is 6.09 Å². The van der Waals surface area contributed by atoms with Crippen molar-refractivity contribution in [3.05, 3.63) is 71.8 Å². The van der Waals surface area contributed by atoms with Crippen molar-refractivity contribution in [3.63, 3.8) is 0 Å². The Balaban J connectivity index is 1.56. The molecule has 2 aromatic rings. The first kappa shape index (κ1) is 21.0. The smallest absolute Gasteiger partial charge is 0.408 e. The van der Waals surface area contributed by atoms with Crippen LogP contribution >= 0.6 is 15.9 Å². The van der Waals surface area contributed by atoms with Gasteiger partial charge in [0, 0.05) is 12.8 Å². The van der Waals surface area contributed by atoms with E-state index in [2.05, 4.69) is 26.4 Å². The lowest BCUT2D eigenvalue weighted by molar-refractivity contribution is -0.121. The topological polar surface area (TPSA) is 77.0 Å². The highest BCUT2D eigenvalue weighted by atomic mass is 79.9. The molecular weight excluding hydrogens is 436 g/mol. The fourth-order valence-corrected chi connectivity index (χ4v) is 3.47. The summed E-state index contributed by atoms with van der Waals surface area (Å²) in [5.41, 5.74) is 1.86. The number of alkyl carbamates (subject to hydrolysis) is 1. The van der Waals surface area contributed by atoms with Crippen molar-refractivity contribution in [1.82, 2.24) is 5.32 Å². The molecule has 6 nitrogen and oxygen atoms in total. The van der Waals surface area contributed by atoms with E-state index in [0.717, 1.165) is 15.7 Å². The van der Waals surface area contributed by atoms with E-state index in [0.29, 0.717) is 19.3 Å². The molecule has 1 heterocycles. The fraction of sp³-hybridized carbons (Fsp3) is 0.318. The molecule has 0 saturated carbocycles. The molecule has 29 heavy (non-hydrogen) atoms. The average molecular weight is 459 g/mol. The largest absolute Gasteiger partial charge is 0.445 e. The Morgan fingerprint density at radius 1 is 1.10 bits per heavy atom. The van der Waals surface area contributed by atoms with Crippen LogP contribution in [0, 0.1) is 0 Å². The van der Waals surface area contributed by atoms with Crippen LogP contribution in [0.4, 0.5) is 4.79 Å². The lowest BCUT2D eigenvalue weighted by Gasteiger charge is -2.18. The Bertz CT molecular complexity index is 842. The van der Waals surface area contributed by atoms with Crippen molar-refractivity contribution in [2.45, 2.75) is 44.4 Å². The highest BCUT2D eigenvalue weighted by Crippen LogP contribution is 2.19. The standard InChI is InChI=1S/C22H23BrN2O4/c23-21-14-18(29-25-21)11-12-20(26)19(13-16-7-3-1-4-8-16)24-22(27)28-15-17-9-5-2-6-10-17/h1-10,18-19H,11-15H2,(H,24,27)/t18?,19-/m0/s1. The van der Waals surface area contributed by atoms with E-state index in [-0.39, 0.29) is 24.9 Å². The number of ketones is 1. The van der Waals surface area contributed by atoms with Gasteiger partial charge in [-0.15, -0.1) is 0 Å². The molecule has 0 radical (unpaired) electrons. The molecule has 0 fully saturated rings. The first-order valence-corrected chi connectivity index (χ1v) is 10.3. The maximum absolute atomic E-state index is 12.8. The quantitative estimate of drug-likeness (QED) is 0.604. The van der Waals surface area contributed by atoms with E-state index in [1.807, 2.05) is 60.7 Å². The van der Waals surface area contributed by atoms with E-state index >= 15 is 0 Å². The van der Waals surface area contributed by atoms with E-state index in [1.165, 1.54) is 0 Å². The summed E-state index contributed by atoms with van der Waals surface area (Å²) in [6.07, 6.45) is 1.18. The van der Waals surface area contributed by atoms with E-state index in [1.54, 1.807) is 0 Å². The number of hydrogen-bond acceptors (Lipinski definition) is 5. The number of oxime groups is 1. The lowest BCUT2D eigenvalue weighted by atomic mass is 9.98. The van der Waals surface area contributed by atoms with Gasteiger partial charge in [0.25, 0.3) is 0 Å². The second-order valence-electron chi connectivity index (χ2n) is 6.85. The SMILES string of the molecule is O=C(N[C@@H](Cc1ccccc1)C(=O)CCC1CC(Br)=NO1)OCc1ccccc1. The zero-order valence-corrected chi connectivity index (χ0v) is 17.5. The summed E-state index contributed by atoms with van der Waals surface area (Å²) in [7, 11) is 0. The molecule has 0 aliphatic carbocycles. The third kappa shape index (κ3) is 7.02. The predicted octanol–water partition coefficient (Wildman–Crippen LogP) is 4.37. The minimum Gasteiger partial charge on any atom is -0.445 e. The first-order valence-electron chi connectivity index (χ1n) is 9.52. The molecule has 0 saturated heterocycles. The molecule has 2 atom stereocenters. The Kier molecular flexibility index (Phi) is 7.81. The number of nitrogens with one attached hydrogen (secondary N) is 1. The molecule has 7 heteroatoms. The van der Waals surface area contributed by atoms with Gasteiger partial charge in [0.15, 0.2) is 5.78 Å². The molecular formula is C22H23BrN2O4. The number of Topliss-reactive ketones (excluding diaryl/α,β-unsaturated/α-hetero) is 1. The molecule has 2 aromatic carbocycles. The molecule has 0 aromatic heterocycles. The second kappa shape index (κ2) is 10.8. The summed E-state index contributed by atoms with van der Waals surface area (Å²) < 4.78 is 6.04. The minimum absolute atomic E-state index is 0.0582. The van der Waals surface area contributed by atoms with Crippen LogP contribution in [-0.2, 0) is 27.4 Å². The maximum atomic E-state index is 12.8. The number of carbonyl (C=O) groups excluding carboxylic acids is 2. The minimum atomic E-state index is -0.661. The molecule has 1 N–H and O–H groups in total. The van der Waals surface area contributed by atoms with Crippen molar-refractivity contribution in [3.8, 4) is 0 Å². The van der Waals surface area contributed by atoms with Crippen LogP contribution in [0.2, 0.25) is 0 Å². The van der Waals surface area contributed by atoms with E-state index < -0.39 is 12.1 Å². The molecule has 3 rings (SSSR count). The molecule has 1 aliphatic rings. The van der Waals surface area contributed by atoms with Crippen LogP contribution in [0.25, 0.3) is 0 Å². The van der Waals surface area contributed by atoms with Crippen molar-refractivity contribution >= 4 is 32.4 Å². The molecule has 1 amide bonds. The van der Waals surface area contributed by atoms with Gasteiger partial charge in [0.05, 0.1) is 6.04 Å². The summed E-state index contributed by atoms with van der Waals surface area (Å²) in [6.45, 7) is 0.153. The van der Waals surface area contributed by atoms with Crippen molar-refractivity contribution in [2.24, 2.45) is 5.16 Å². The maximum Gasteiger partial charge on any atom is 0.408 e. The van der Waals surface area contributed by atoms with Crippen molar-refractivity contribution in [1.29, 1.82) is 0 Å². The monoisotopic (exact) mass is 458 g/mol. The van der Waals surface area contributed by atoms with Crippen LogP contribution < -0.4 is 5.32 Å². The summed E-state index contributed by atoms with van der Waals surface area (Å²) >= 11 is 3.29. The zero-order valence-electron chi connectivity index (χ0n) is 15.9. The van der Waals surface area contributed by atoms with Gasteiger partial charge in [0.2, 0.25) is 0 Å². The van der Waals surface area contributed by atoms with Crippen molar-refractivity contribution < 1.29 is 19.2 Å². The Labute approximate surface area is 178 Å². The van der Waals surface area contributed by atoms with Gasteiger partial charge in [-0.1, -0.05) is 65.8 Å². The van der Waals surface area contributed by atoms with Gasteiger partial charge in [-0.25, -0.2) is 4.79 Å². The summed E-state index contributed by atoms with van der Waals surface area (Å²) in [5, 5.41) is 6.57. The van der Waals surface area contributed by atoms with E-state index in [9.17, 15) is 9.59 Å². The predicted molar refractivity (Wildman–Crippen MR) is 114 cm³/mol. The van der Waals surface area contributed by atoms with Crippen molar-refractivity contribution in [2.75, 3.05) is 0 Å². The van der Waals surface area contributed by atoms with Crippen LogP contribution in [0.3, 0.4) is 0 Å². The third-order valence-corrected chi connectivity index (χ3v) is 5.05. The normalized spacial score (nSPS) is 16.4. The van der Waals surface area contributed by atoms with Gasteiger partial charge in [-0.3, -0.25) is 4.79 Å². The molecule has 0 bridgehead atoms. The Hall–Kier alpha value is -2.67. The highest BCUT2D eigenvalue weighted by Gasteiger charge is 2.25. The summed E-state index contributed by atoms with van der Waals surface area (Å²) in [5.74, 6) is -0.0582. The van der Waals surface area contributed by atoms with Gasteiger partial charge < -0.3 is 14.9 Å². The number of halogens is 1. The lowest BCUT2D eigenvalue weighted by Crippen LogP contribution is -2.42. The van der Waals surface area contributed by atoms with Gasteiger partial charge in [0.1, 0.15) is 17.3 Å². The number of amides is 1. The third-order valence-electron chi connectivity index (χ3n) is 4.59. The summed E-state index contributed by atoms with van der Waals surface area (Å²) in [6, 6.07) is 18.3. The van der Waals surface area contributed by atoms with Crippen LogP contribution in [0.1, 0.15) is 30.4 Å². The Morgan fingerprint density at radius 3 is 2.38 bits per heavy atom.